The fourth-order valence-electron chi connectivity index (χ4n) is 2.68. The van der Waals surface area contributed by atoms with Gasteiger partial charge in [-0.1, -0.05) is 30.3 Å². The molecule has 3 amide bonds. The Morgan fingerprint density at radius 1 is 0.829 bits per heavy atom. The minimum Gasteiger partial charge on any atom is -0.445 e. The van der Waals surface area contributed by atoms with Crippen LogP contribution in [0.4, 0.5) is 14.4 Å². The van der Waals surface area contributed by atoms with Crippen LogP contribution in [-0.4, -0.2) is 83.0 Å². The molecular weight excluding hydrogens is 458 g/mol. The highest BCUT2D eigenvalue weighted by Gasteiger charge is 2.27. The molecule has 35 heavy (non-hydrogen) atoms. The first-order chi connectivity index (χ1) is 16.1. The lowest BCUT2D eigenvalue weighted by molar-refractivity contribution is 0.00290. The van der Waals surface area contributed by atoms with Crippen LogP contribution in [-0.2, 0) is 20.8 Å². The molecule has 0 aromatic heterocycles. The Morgan fingerprint density at radius 3 is 1.80 bits per heavy atom. The fourth-order valence-corrected chi connectivity index (χ4v) is 2.68. The van der Waals surface area contributed by atoms with Gasteiger partial charge >= 0.3 is 18.3 Å². The molecule has 1 aromatic carbocycles. The smallest absolute Gasteiger partial charge is 0.410 e. The fraction of sp³-hybridized carbons (Fsp3) is 0.625. The number of nitrogens with zero attached hydrogens (tertiary/aromatic N) is 1. The van der Waals surface area contributed by atoms with Gasteiger partial charge < -0.3 is 40.0 Å². The minimum absolute atomic E-state index is 0.0731. The van der Waals surface area contributed by atoms with Crippen molar-refractivity contribution in [2.45, 2.75) is 71.6 Å². The highest BCUT2D eigenvalue weighted by atomic mass is 16.6. The number of amides is 3. The molecular formula is C24H39N3O8. The van der Waals surface area contributed by atoms with Crippen LogP contribution in [0.5, 0.6) is 0 Å². The maximum Gasteiger partial charge on any atom is 0.410 e. The van der Waals surface area contributed by atoms with Gasteiger partial charge in [-0.05, 0) is 47.1 Å². The number of nitrogens with one attached hydrogen (secondary N) is 2. The number of aliphatic hydroxyl groups is 2. The van der Waals surface area contributed by atoms with Gasteiger partial charge in [-0.15, -0.1) is 0 Å². The number of aliphatic hydroxyl groups excluding tert-OH is 2. The molecule has 4 N–H and O–H groups in total. The predicted octanol–water partition coefficient (Wildman–Crippen LogP) is 2.40. The van der Waals surface area contributed by atoms with Crippen molar-refractivity contribution < 1.29 is 38.8 Å². The SMILES string of the molecule is CC(C)(C)OC(=O)NCC(O)CN(CC(O)CNC(=O)OCc1ccccc1)C(=O)OC(C)(C)C. The molecule has 0 aliphatic heterocycles. The van der Waals surface area contributed by atoms with Gasteiger partial charge in [0.1, 0.15) is 17.8 Å². The quantitative estimate of drug-likeness (QED) is 0.360. The van der Waals surface area contributed by atoms with Crippen LogP contribution >= 0.6 is 0 Å². The summed E-state index contributed by atoms with van der Waals surface area (Å²) in [7, 11) is 0. The van der Waals surface area contributed by atoms with E-state index in [1.807, 2.05) is 30.3 Å². The average Bonchev–Trinajstić information content (AvgIpc) is 2.72. The molecule has 0 aliphatic carbocycles. The van der Waals surface area contributed by atoms with Crippen LogP contribution in [0.25, 0.3) is 0 Å². The standard InChI is InChI=1S/C24H39N3O8/c1-23(2,3)34-21(31)26-13-19(29)15-27(22(32)35-24(4,5)6)14-18(28)12-25-20(30)33-16-17-10-8-7-9-11-17/h7-11,18-19,28-29H,12-16H2,1-6H3,(H,25,30)(H,26,31). The monoisotopic (exact) mass is 497 g/mol. The van der Waals surface area contributed by atoms with Crippen LogP contribution < -0.4 is 10.6 Å². The number of hydrogen-bond acceptors (Lipinski definition) is 8. The first-order valence-electron chi connectivity index (χ1n) is 11.4. The lowest BCUT2D eigenvalue weighted by atomic mass is 10.2. The summed E-state index contributed by atoms with van der Waals surface area (Å²) in [5.41, 5.74) is -0.690. The van der Waals surface area contributed by atoms with Crippen LogP contribution in [0.1, 0.15) is 47.1 Å². The number of benzene rings is 1. The summed E-state index contributed by atoms with van der Waals surface area (Å²) in [4.78, 5) is 37.4. The first kappa shape index (κ1) is 30.0. The third-order valence-corrected chi connectivity index (χ3v) is 4.09. The number of rotatable bonds is 10. The average molecular weight is 498 g/mol. The van der Waals surface area contributed by atoms with E-state index in [4.69, 9.17) is 14.2 Å². The number of carbonyl (C=O) groups excluding carboxylic acids is 3. The second-order valence-electron chi connectivity index (χ2n) is 10.0. The van der Waals surface area contributed by atoms with Crippen molar-refractivity contribution in [2.24, 2.45) is 0 Å². The van der Waals surface area contributed by atoms with Gasteiger partial charge in [0.25, 0.3) is 0 Å². The van der Waals surface area contributed by atoms with Gasteiger partial charge in [0.15, 0.2) is 0 Å². The van der Waals surface area contributed by atoms with Gasteiger partial charge in [0.2, 0.25) is 0 Å². The Bertz CT molecular complexity index is 805. The first-order valence-corrected chi connectivity index (χ1v) is 11.4. The molecule has 0 heterocycles. The zero-order valence-corrected chi connectivity index (χ0v) is 21.4. The van der Waals surface area contributed by atoms with Gasteiger partial charge in [-0.2, -0.15) is 0 Å². The second-order valence-corrected chi connectivity index (χ2v) is 10.0. The van der Waals surface area contributed by atoms with E-state index in [-0.39, 0.29) is 32.8 Å². The molecule has 0 spiro atoms. The maximum absolute atomic E-state index is 12.6. The molecule has 0 fully saturated rings. The van der Waals surface area contributed by atoms with Crippen LogP contribution in [0.2, 0.25) is 0 Å². The second kappa shape index (κ2) is 13.7. The summed E-state index contributed by atoms with van der Waals surface area (Å²) in [6.07, 6.45) is -4.53. The maximum atomic E-state index is 12.6. The van der Waals surface area contributed by atoms with Crippen LogP contribution in [0.15, 0.2) is 30.3 Å². The Labute approximate surface area is 206 Å². The van der Waals surface area contributed by atoms with Crippen LogP contribution in [0.3, 0.4) is 0 Å². The molecule has 2 unspecified atom stereocenters. The third-order valence-electron chi connectivity index (χ3n) is 4.09. The molecule has 2 atom stereocenters. The van der Waals surface area contributed by atoms with Gasteiger partial charge in [-0.25, -0.2) is 14.4 Å². The molecule has 1 rings (SSSR count). The molecule has 0 aliphatic rings. The Morgan fingerprint density at radius 2 is 1.31 bits per heavy atom. The number of ether oxygens (including phenoxy) is 3. The molecule has 198 valence electrons. The number of hydrogen-bond donors (Lipinski definition) is 4. The van der Waals surface area contributed by atoms with Gasteiger partial charge in [-0.3, -0.25) is 0 Å². The Hall–Kier alpha value is -3.05. The minimum atomic E-state index is -1.17. The lowest BCUT2D eigenvalue weighted by Crippen LogP contribution is -2.49. The number of alkyl carbamates (subject to hydrolysis) is 2. The lowest BCUT2D eigenvalue weighted by Gasteiger charge is -2.30. The Balaban J connectivity index is 2.59. The Kier molecular flexibility index (Phi) is 11.8. The summed E-state index contributed by atoms with van der Waals surface area (Å²) >= 11 is 0. The topological polar surface area (TPSA) is 147 Å². The summed E-state index contributed by atoms with van der Waals surface area (Å²) in [5, 5.41) is 25.6. The summed E-state index contributed by atoms with van der Waals surface area (Å²) in [5.74, 6) is 0. The molecule has 0 radical (unpaired) electrons. The largest absolute Gasteiger partial charge is 0.445 e. The van der Waals surface area contributed by atoms with E-state index < -0.39 is 41.7 Å². The van der Waals surface area contributed by atoms with Crippen molar-refractivity contribution in [1.29, 1.82) is 0 Å². The van der Waals surface area contributed by atoms with Crippen molar-refractivity contribution in [3.05, 3.63) is 35.9 Å². The van der Waals surface area contributed by atoms with E-state index in [2.05, 4.69) is 10.6 Å². The third kappa shape index (κ3) is 14.7. The molecule has 11 heteroatoms. The van der Waals surface area contributed by atoms with Gasteiger partial charge in [0, 0.05) is 13.1 Å². The van der Waals surface area contributed by atoms with Crippen molar-refractivity contribution in [3.8, 4) is 0 Å². The zero-order chi connectivity index (χ0) is 26.6. The molecule has 11 nitrogen and oxygen atoms in total. The summed E-state index contributed by atoms with van der Waals surface area (Å²) in [6.45, 7) is 9.40. The van der Waals surface area contributed by atoms with Crippen molar-refractivity contribution >= 4 is 18.3 Å². The van der Waals surface area contributed by atoms with E-state index in [9.17, 15) is 24.6 Å². The van der Waals surface area contributed by atoms with E-state index >= 15 is 0 Å². The van der Waals surface area contributed by atoms with E-state index in [0.29, 0.717) is 0 Å². The molecule has 0 bridgehead atoms. The summed E-state index contributed by atoms with van der Waals surface area (Å²) < 4.78 is 15.6. The predicted molar refractivity (Wildman–Crippen MR) is 129 cm³/mol. The van der Waals surface area contributed by atoms with Crippen molar-refractivity contribution in [3.63, 3.8) is 0 Å². The molecule has 0 saturated carbocycles. The normalized spacial score (nSPS) is 13.3. The highest BCUT2D eigenvalue weighted by molar-refractivity contribution is 5.69. The van der Waals surface area contributed by atoms with E-state index in [1.54, 1.807) is 41.5 Å². The van der Waals surface area contributed by atoms with Crippen molar-refractivity contribution in [1.82, 2.24) is 15.5 Å². The van der Waals surface area contributed by atoms with Crippen LogP contribution in [0, 0.1) is 0 Å². The molecule has 0 saturated heterocycles. The highest BCUT2D eigenvalue weighted by Crippen LogP contribution is 2.11. The molecule has 1 aromatic rings. The summed E-state index contributed by atoms with van der Waals surface area (Å²) in [6, 6.07) is 9.11. The van der Waals surface area contributed by atoms with E-state index in [0.717, 1.165) is 10.5 Å². The van der Waals surface area contributed by atoms with Crippen molar-refractivity contribution in [2.75, 3.05) is 26.2 Å². The zero-order valence-electron chi connectivity index (χ0n) is 21.4. The number of carbonyl (C=O) groups is 3. The van der Waals surface area contributed by atoms with Gasteiger partial charge in [0.05, 0.1) is 25.3 Å². The van der Waals surface area contributed by atoms with E-state index in [1.165, 1.54) is 0 Å².